The van der Waals surface area contributed by atoms with Crippen LogP contribution in [0.2, 0.25) is 0 Å². The molecule has 1 aliphatic rings. The van der Waals surface area contributed by atoms with E-state index in [1.807, 2.05) is 0 Å². The predicted octanol–water partition coefficient (Wildman–Crippen LogP) is 4.02. The van der Waals surface area contributed by atoms with Gasteiger partial charge in [0.25, 0.3) is 0 Å². The number of esters is 1. The fraction of sp³-hybridized carbons (Fsp3) is 0.529. The van der Waals surface area contributed by atoms with Crippen molar-refractivity contribution in [2.24, 2.45) is 5.92 Å². The Kier molecular flexibility index (Phi) is 5.33. The number of rotatable bonds is 6. The van der Waals surface area contributed by atoms with Gasteiger partial charge in [0.1, 0.15) is 0 Å². The Hall–Kier alpha value is -1.64. The summed E-state index contributed by atoms with van der Waals surface area (Å²) in [5, 5.41) is 0. The summed E-state index contributed by atoms with van der Waals surface area (Å²) in [6.45, 7) is 2.09. The molecule has 0 saturated heterocycles. The second kappa shape index (κ2) is 7.22. The summed E-state index contributed by atoms with van der Waals surface area (Å²) in [6, 6.07) is 6.95. The first-order chi connectivity index (χ1) is 9.72. The summed E-state index contributed by atoms with van der Waals surface area (Å²) < 4.78 is 5.01. The summed E-state index contributed by atoms with van der Waals surface area (Å²) in [5.74, 6) is 0.339. The highest BCUT2D eigenvalue weighted by atomic mass is 16.5. The van der Waals surface area contributed by atoms with Gasteiger partial charge >= 0.3 is 5.97 Å². The first-order valence-electron chi connectivity index (χ1n) is 7.51. The van der Waals surface area contributed by atoms with E-state index in [0.717, 1.165) is 6.42 Å². The van der Waals surface area contributed by atoms with Crippen LogP contribution in [0.3, 0.4) is 0 Å². The summed E-state index contributed by atoms with van der Waals surface area (Å²) >= 11 is 0. The van der Waals surface area contributed by atoms with Crippen LogP contribution in [0.4, 0.5) is 0 Å². The lowest BCUT2D eigenvalue weighted by Crippen LogP contribution is -2.12. The molecule has 1 aromatic carbocycles. The molecule has 0 bridgehead atoms. The minimum atomic E-state index is -0.405. The SMILES string of the molecule is CCOC(=O)c1ccccc1C(=O)CCC1CCCC1. The molecule has 0 atom stereocenters. The van der Waals surface area contributed by atoms with E-state index in [2.05, 4.69) is 0 Å². The molecule has 0 aromatic heterocycles. The molecule has 0 unspecified atom stereocenters. The van der Waals surface area contributed by atoms with Crippen molar-refractivity contribution < 1.29 is 14.3 Å². The van der Waals surface area contributed by atoms with E-state index >= 15 is 0 Å². The van der Waals surface area contributed by atoms with Gasteiger partial charge in [-0.3, -0.25) is 4.79 Å². The molecule has 0 heterocycles. The van der Waals surface area contributed by atoms with Crippen molar-refractivity contribution in [1.29, 1.82) is 0 Å². The summed E-state index contributed by atoms with van der Waals surface area (Å²) in [4.78, 5) is 24.2. The maximum atomic E-state index is 12.3. The van der Waals surface area contributed by atoms with E-state index in [9.17, 15) is 9.59 Å². The number of hydrogen-bond acceptors (Lipinski definition) is 3. The first-order valence-corrected chi connectivity index (χ1v) is 7.51. The number of benzene rings is 1. The van der Waals surface area contributed by atoms with Crippen molar-refractivity contribution in [3.63, 3.8) is 0 Å². The summed E-state index contributed by atoms with van der Waals surface area (Å²) in [7, 11) is 0. The Morgan fingerprint density at radius 1 is 1.15 bits per heavy atom. The Morgan fingerprint density at radius 3 is 2.45 bits per heavy atom. The molecular weight excluding hydrogens is 252 g/mol. The standard InChI is InChI=1S/C17H22O3/c1-2-20-17(19)15-10-6-5-9-14(15)16(18)12-11-13-7-3-4-8-13/h5-6,9-10,13H,2-4,7-8,11-12H2,1H3. The predicted molar refractivity (Wildman–Crippen MR) is 77.9 cm³/mol. The van der Waals surface area contributed by atoms with Gasteiger partial charge in [-0.2, -0.15) is 0 Å². The first kappa shape index (κ1) is 14.8. The van der Waals surface area contributed by atoms with Crippen LogP contribution < -0.4 is 0 Å². The van der Waals surface area contributed by atoms with Gasteiger partial charge in [-0.15, -0.1) is 0 Å². The third kappa shape index (κ3) is 3.69. The van der Waals surface area contributed by atoms with E-state index in [1.54, 1.807) is 31.2 Å². The minimum absolute atomic E-state index is 0.0561. The highest BCUT2D eigenvalue weighted by molar-refractivity contribution is 6.06. The van der Waals surface area contributed by atoms with Crippen LogP contribution in [-0.2, 0) is 4.74 Å². The topological polar surface area (TPSA) is 43.4 Å². The zero-order chi connectivity index (χ0) is 14.4. The average Bonchev–Trinajstić information content (AvgIpc) is 2.98. The molecule has 108 valence electrons. The molecule has 1 fully saturated rings. The fourth-order valence-corrected chi connectivity index (χ4v) is 2.88. The molecule has 0 spiro atoms. The van der Waals surface area contributed by atoms with Gasteiger partial charge in [-0.25, -0.2) is 4.79 Å². The van der Waals surface area contributed by atoms with E-state index in [1.165, 1.54) is 25.7 Å². The molecule has 1 aliphatic carbocycles. The van der Waals surface area contributed by atoms with Gasteiger partial charge in [0.2, 0.25) is 0 Å². The number of ketones is 1. The maximum Gasteiger partial charge on any atom is 0.338 e. The largest absolute Gasteiger partial charge is 0.462 e. The highest BCUT2D eigenvalue weighted by Gasteiger charge is 2.20. The van der Waals surface area contributed by atoms with Gasteiger partial charge in [0.15, 0.2) is 5.78 Å². The zero-order valence-electron chi connectivity index (χ0n) is 12.1. The molecule has 0 N–H and O–H groups in total. The Morgan fingerprint density at radius 2 is 1.80 bits per heavy atom. The lowest BCUT2D eigenvalue weighted by Gasteiger charge is -2.10. The molecule has 20 heavy (non-hydrogen) atoms. The van der Waals surface area contributed by atoms with E-state index in [-0.39, 0.29) is 5.78 Å². The number of Topliss-reactive ketones (excluding diaryl/α,β-unsaturated/α-hetero) is 1. The van der Waals surface area contributed by atoms with Crippen LogP contribution in [0.1, 0.15) is 66.2 Å². The van der Waals surface area contributed by atoms with Gasteiger partial charge in [-0.05, 0) is 25.3 Å². The molecule has 0 amide bonds. The molecule has 2 rings (SSSR count). The minimum Gasteiger partial charge on any atom is -0.462 e. The van der Waals surface area contributed by atoms with E-state index in [0.29, 0.717) is 30.1 Å². The van der Waals surface area contributed by atoms with Crippen LogP contribution in [-0.4, -0.2) is 18.4 Å². The van der Waals surface area contributed by atoms with Crippen LogP contribution in [0, 0.1) is 5.92 Å². The van der Waals surface area contributed by atoms with Gasteiger partial charge in [0, 0.05) is 12.0 Å². The zero-order valence-corrected chi connectivity index (χ0v) is 12.1. The smallest absolute Gasteiger partial charge is 0.338 e. The third-order valence-corrected chi connectivity index (χ3v) is 3.98. The normalized spacial score (nSPS) is 15.2. The monoisotopic (exact) mass is 274 g/mol. The van der Waals surface area contributed by atoms with Crippen LogP contribution in [0.15, 0.2) is 24.3 Å². The van der Waals surface area contributed by atoms with Crippen molar-refractivity contribution >= 4 is 11.8 Å². The van der Waals surface area contributed by atoms with Crippen molar-refractivity contribution in [2.45, 2.75) is 45.4 Å². The lowest BCUT2D eigenvalue weighted by atomic mass is 9.95. The third-order valence-electron chi connectivity index (χ3n) is 3.98. The van der Waals surface area contributed by atoms with Crippen LogP contribution in [0.5, 0.6) is 0 Å². The van der Waals surface area contributed by atoms with E-state index < -0.39 is 5.97 Å². The molecule has 3 nitrogen and oxygen atoms in total. The van der Waals surface area contributed by atoms with Crippen LogP contribution >= 0.6 is 0 Å². The van der Waals surface area contributed by atoms with Gasteiger partial charge in [-0.1, -0.05) is 43.9 Å². The number of carbonyl (C=O) groups is 2. The molecule has 0 aliphatic heterocycles. The van der Waals surface area contributed by atoms with Crippen molar-refractivity contribution in [3.8, 4) is 0 Å². The second-order valence-corrected chi connectivity index (χ2v) is 5.38. The number of ether oxygens (including phenoxy) is 1. The van der Waals surface area contributed by atoms with Gasteiger partial charge < -0.3 is 4.74 Å². The quantitative estimate of drug-likeness (QED) is 0.581. The summed E-state index contributed by atoms with van der Waals surface area (Å²) in [6.07, 6.45) is 6.53. The Balaban J connectivity index is 2.02. The van der Waals surface area contributed by atoms with E-state index in [4.69, 9.17) is 4.74 Å². The number of carbonyl (C=O) groups excluding carboxylic acids is 2. The Labute approximate surface area is 120 Å². The van der Waals surface area contributed by atoms with Crippen molar-refractivity contribution in [3.05, 3.63) is 35.4 Å². The maximum absolute atomic E-state index is 12.3. The van der Waals surface area contributed by atoms with Gasteiger partial charge in [0.05, 0.1) is 12.2 Å². The van der Waals surface area contributed by atoms with Crippen molar-refractivity contribution in [2.75, 3.05) is 6.61 Å². The second-order valence-electron chi connectivity index (χ2n) is 5.38. The van der Waals surface area contributed by atoms with Crippen LogP contribution in [0.25, 0.3) is 0 Å². The highest BCUT2D eigenvalue weighted by Crippen LogP contribution is 2.29. The van der Waals surface area contributed by atoms with Crippen molar-refractivity contribution in [1.82, 2.24) is 0 Å². The fourth-order valence-electron chi connectivity index (χ4n) is 2.88. The average molecular weight is 274 g/mol. The molecule has 1 aromatic rings. The molecule has 3 heteroatoms. The molecule has 1 saturated carbocycles. The number of hydrogen-bond donors (Lipinski definition) is 0. The molecule has 0 radical (unpaired) electrons. The lowest BCUT2D eigenvalue weighted by molar-refractivity contribution is 0.0523. The summed E-state index contributed by atoms with van der Waals surface area (Å²) in [5.41, 5.74) is 0.898. The Bertz CT molecular complexity index is 473. The molecular formula is C17H22O3.